The van der Waals surface area contributed by atoms with Gasteiger partial charge in [0, 0.05) is 11.3 Å². The number of nitrogens with two attached hydrogens (primary N) is 1. The molecule has 1 aliphatic carbocycles. The maximum absolute atomic E-state index is 12.6. The highest BCUT2D eigenvalue weighted by atomic mass is 16.2. The second-order valence-corrected chi connectivity index (χ2v) is 5.06. The zero-order valence-electron chi connectivity index (χ0n) is 11.2. The standard InChI is InChI=1S/C14H14N4O2/c1-6(2)11-10-12(18-17-11)7-4-3-5-8(16-14(15)20)9(7)13(10)19/h3-6H,1-2H3,(H,17,18)(H3,15,16,20). The van der Waals surface area contributed by atoms with Crippen molar-refractivity contribution in [2.45, 2.75) is 19.8 Å². The van der Waals surface area contributed by atoms with Crippen LogP contribution in [0.15, 0.2) is 18.2 Å². The van der Waals surface area contributed by atoms with Crippen molar-refractivity contribution in [3.8, 4) is 11.3 Å². The number of rotatable bonds is 2. The molecule has 4 N–H and O–H groups in total. The summed E-state index contributed by atoms with van der Waals surface area (Å²) in [5.41, 5.74) is 8.79. The molecule has 1 heterocycles. The molecule has 2 amide bonds. The van der Waals surface area contributed by atoms with E-state index in [4.69, 9.17) is 5.73 Å². The number of carbonyl (C=O) groups excluding carboxylic acids is 2. The van der Waals surface area contributed by atoms with Crippen molar-refractivity contribution in [3.63, 3.8) is 0 Å². The lowest BCUT2D eigenvalue weighted by Gasteiger charge is -2.08. The molecule has 0 saturated carbocycles. The number of aromatic nitrogens is 2. The number of primary amides is 1. The van der Waals surface area contributed by atoms with Crippen molar-refractivity contribution in [1.82, 2.24) is 10.2 Å². The van der Waals surface area contributed by atoms with E-state index < -0.39 is 6.03 Å². The van der Waals surface area contributed by atoms with Gasteiger partial charge in [0.05, 0.1) is 16.8 Å². The molecule has 1 aromatic carbocycles. The fourth-order valence-electron chi connectivity index (χ4n) is 2.55. The number of benzene rings is 1. The molecule has 0 spiro atoms. The van der Waals surface area contributed by atoms with E-state index in [2.05, 4.69) is 15.5 Å². The van der Waals surface area contributed by atoms with Crippen LogP contribution in [0.1, 0.15) is 41.4 Å². The Morgan fingerprint density at radius 1 is 1.35 bits per heavy atom. The fourth-order valence-corrected chi connectivity index (χ4v) is 2.55. The molecule has 0 fully saturated rings. The van der Waals surface area contributed by atoms with Crippen LogP contribution in [0.5, 0.6) is 0 Å². The lowest BCUT2D eigenvalue weighted by molar-refractivity contribution is 0.104. The summed E-state index contributed by atoms with van der Waals surface area (Å²) in [6.45, 7) is 3.99. The summed E-state index contributed by atoms with van der Waals surface area (Å²) in [5, 5.41) is 9.65. The molecule has 2 aromatic rings. The van der Waals surface area contributed by atoms with Gasteiger partial charge in [0.1, 0.15) is 5.69 Å². The average Bonchev–Trinajstić information content (AvgIpc) is 2.91. The van der Waals surface area contributed by atoms with Gasteiger partial charge in [-0.2, -0.15) is 5.10 Å². The predicted octanol–water partition coefficient (Wildman–Crippen LogP) is 2.24. The lowest BCUT2D eigenvalue weighted by atomic mass is 10.0. The predicted molar refractivity (Wildman–Crippen MR) is 74.8 cm³/mol. The van der Waals surface area contributed by atoms with Crippen molar-refractivity contribution < 1.29 is 9.59 Å². The summed E-state index contributed by atoms with van der Waals surface area (Å²) in [6.07, 6.45) is 0. The van der Waals surface area contributed by atoms with E-state index in [9.17, 15) is 9.59 Å². The van der Waals surface area contributed by atoms with Crippen LogP contribution in [-0.2, 0) is 0 Å². The molecule has 20 heavy (non-hydrogen) atoms. The van der Waals surface area contributed by atoms with Gasteiger partial charge in [-0.25, -0.2) is 4.79 Å². The second kappa shape index (κ2) is 4.19. The summed E-state index contributed by atoms with van der Waals surface area (Å²) in [4.78, 5) is 23.7. The van der Waals surface area contributed by atoms with E-state index in [1.54, 1.807) is 12.1 Å². The summed E-state index contributed by atoms with van der Waals surface area (Å²) < 4.78 is 0. The number of ketones is 1. The van der Waals surface area contributed by atoms with Crippen LogP contribution < -0.4 is 11.1 Å². The minimum atomic E-state index is -0.693. The average molecular weight is 270 g/mol. The molecule has 1 aromatic heterocycles. The molecule has 102 valence electrons. The quantitative estimate of drug-likeness (QED) is 0.665. The van der Waals surface area contributed by atoms with Crippen LogP contribution in [0.25, 0.3) is 11.3 Å². The van der Waals surface area contributed by atoms with E-state index >= 15 is 0 Å². The van der Waals surface area contributed by atoms with Crippen LogP contribution in [0, 0.1) is 0 Å². The Morgan fingerprint density at radius 3 is 2.75 bits per heavy atom. The van der Waals surface area contributed by atoms with Crippen LogP contribution in [-0.4, -0.2) is 22.0 Å². The highest BCUT2D eigenvalue weighted by molar-refractivity contribution is 6.25. The van der Waals surface area contributed by atoms with Crippen molar-refractivity contribution >= 4 is 17.5 Å². The number of amides is 2. The highest BCUT2D eigenvalue weighted by Crippen LogP contribution is 2.41. The first-order valence-electron chi connectivity index (χ1n) is 6.33. The Labute approximate surface area is 115 Å². The lowest BCUT2D eigenvalue weighted by Crippen LogP contribution is -2.20. The number of aromatic amines is 1. The molecular weight excluding hydrogens is 256 g/mol. The number of urea groups is 1. The molecule has 0 bridgehead atoms. The molecule has 6 heteroatoms. The SMILES string of the molecule is CC(C)c1[nH]nc2c1C(=O)c1c(NC(N)=O)cccc1-2. The maximum Gasteiger partial charge on any atom is 0.316 e. The first-order chi connectivity index (χ1) is 9.50. The van der Waals surface area contributed by atoms with Crippen LogP contribution in [0.3, 0.4) is 0 Å². The minimum Gasteiger partial charge on any atom is -0.351 e. The van der Waals surface area contributed by atoms with Gasteiger partial charge in [0.2, 0.25) is 0 Å². The van der Waals surface area contributed by atoms with E-state index in [0.29, 0.717) is 22.5 Å². The summed E-state index contributed by atoms with van der Waals surface area (Å²) >= 11 is 0. The molecule has 0 atom stereocenters. The Bertz CT molecular complexity index is 731. The number of hydrogen-bond donors (Lipinski definition) is 3. The van der Waals surface area contributed by atoms with Crippen molar-refractivity contribution in [1.29, 1.82) is 0 Å². The van der Waals surface area contributed by atoms with Gasteiger partial charge in [0.15, 0.2) is 5.78 Å². The van der Waals surface area contributed by atoms with Gasteiger partial charge in [-0.1, -0.05) is 26.0 Å². The second-order valence-electron chi connectivity index (χ2n) is 5.06. The summed E-state index contributed by atoms with van der Waals surface area (Å²) in [5.74, 6) is 0.0360. The van der Waals surface area contributed by atoms with Crippen LogP contribution in [0.4, 0.5) is 10.5 Å². The first kappa shape index (κ1) is 12.4. The Kier molecular flexibility index (Phi) is 2.60. The largest absolute Gasteiger partial charge is 0.351 e. The van der Waals surface area contributed by atoms with Gasteiger partial charge < -0.3 is 11.1 Å². The summed E-state index contributed by atoms with van der Waals surface area (Å²) in [7, 11) is 0. The smallest absolute Gasteiger partial charge is 0.316 e. The molecular formula is C14H14N4O2. The van der Waals surface area contributed by atoms with E-state index in [1.165, 1.54) is 0 Å². The summed E-state index contributed by atoms with van der Waals surface area (Å²) in [6, 6.07) is 4.54. The molecule has 0 unspecified atom stereocenters. The topological polar surface area (TPSA) is 101 Å². The van der Waals surface area contributed by atoms with Gasteiger partial charge in [0.25, 0.3) is 0 Å². The minimum absolute atomic E-state index is 0.128. The van der Waals surface area contributed by atoms with Gasteiger partial charge in [-0.05, 0) is 12.0 Å². The number of carbonyl (C=O) groups is 2. The number of anilines is 1. The fraction of sp³-hybridized carbons (Fsp3) is 0.214. The van der Waals surface area contributed by atoms with Gasteiger partial charge in [-0.3, -0.25) is 9.89 Å². The Balaban J connectivity index is 2.20. The monoisotopic (exact) mass is 270 g/mol. The number of hydrogen-bond acceptors (Lipinski definition) is 3. The number of nitrogens with one attached hydrogen (secondary N) is 2. The molecule has 0 saturated heterocycles. The Hall–Kier alpha value is -2.63. The normalized spacial score (nSPS) is 12.4. The van der Waals surface area contributed by atoms with Gasteiger partial charge >= 0.3 is 6.03 Å². The molecule has 0 aliphatic heterocycles. The maximum atomic E-state index is 12.6. The van der Waals surface area contributed by atoms with E-state index in [0.717, 1.165) is 11.3 Å². The third-order valence-corrected chi connectivity index (χ3v) is 3.40. The zero-order valence-corrected chi connectivity index (χ0v) is 11.2. The van der Waals surface area contributed by atoms with E-state index in [1.807, 2.05) is 19.9 Å². The van der Waals surface area contributed by atoms with E-state index in [-0.39, 0.29) is 11.7 Å². The molecule has 3 rings (SSSR count). The molecule has 1 aliphatic rings. The zero-order chi connectivity index (χ0) is 14.4. The highest BCUT2D eigenvalue weighted by Gasteiger charge is 2.35. The van der Waals surface area contributed by atoms with Crippen LogP contribution in [0.2, 0.25) is 0 Å². The number of nitrogens with zero attached hydrogens (tertiary/aromatic N) is 1. The van der Waals surface area contributed by atoms with Crippen molar-refractivity contribution in [2.75, 3.05) is 5.32 Å². The Morgan fingerprint density at radius 2 is 2.10 bits per heavy atom. The number of fused-ring (bicyclic) bond motifs is 3. The molecule has 6 nitrogen and oxygen atoms in total. The van der Waals surface area contributed by atoms with Crippen LogP contribution >= 0.6 is 0 Å². The first-order valence-corrected chi connectivity index (χ1v) is 6.33. The third-order valence-electron chi connectivity index (χ3n) is 3.40. The van der Waals surface area contributed by atoms with Crippen molar-refractivity contribution in [2.24, 2.45) is 5.73 Å². The van der Waals surface area contributed by atoms with Gasteiger partial charge in [-0.15, -0.1) is 0 Å². The third kappa shape index (κ3) is 1.61. The number of H-pyrrole nitrogens is 1. The molecule has 0 radical (unpaired) electrons. The van der Waals surface area contributed by atoms with Crippen molar-refractivity contribution in [3.05, 3.63) is 35.0 Å².